The van der Waals surface area contributed by atoms with Crippen LogP contribution in [0.5, 0.6) is 0 Å². The Hall–Kier alpha value is -2.41. The number of carboxylic acids is 1. The van der Waals surface area contributed by atoms with Gasteiger partial charge in [-0.3, -0.25) is 4.79 Å². The van der Waals surface area contributed by atoms with Crippen molar-refractivity contribution in [1.82, 2.24) is 5.43 Å². The Morgan fingerprint density at radius 1 is 1.22 bits per heavy atom. The van der Waals surface area contributed by atoms with Gasteiger partial charge in [0, 0.05) is 11.4 Å². The molecule has 0 aliphatic heterocycles. The maximum atomic E-state index is 12.0. The van der Waals surface area contributed by atoms with Gasteiger partial charge in [0.1, 0.15) is 5.60 Å². The van der Waals surface area contributed by atoms with Crippen LogP contribution in [-0.2, 0) is 20.7 Å². The van der Waals surface area contributed by atoms with E-state index in [0.29, 0.717) is 10.6 Å². The van der Waals surface area contributed by atoms with Crippen molar-refractivity contribution in [3.63, 3.8) is 0 Å². The second kappa shape index (κ2) is 7.73. The minimum absolute atomic E-state index is 0.182. The van der Waals surface area contributed by atoms with Gasteiger partial charge in [0.05, 0.1) is 0 Å². The van der Waals surface area contributed by atoms with Crippen LogP contribution < -0.4 is 5.43 Å². The maximum Gasteiger partial charge on any atom is 0.428 e. The van der Waals surface area contributed by atoms with Crippen LogP contribution in [-0.4, -0.2) is 34.3 Å². The number of nitrogens with one attached hydrogen (secondary N) is 1. The Kier molecular flexibility index (Phi) is 6.27. The summed E-state index contributed by atoms with van der Waals surface area (Å²) < 4.78 is 4.90. The maximum absolute atomic E-state index is 12.0. The molecule has 0 aliphatic carbocycles. The van der Waals surface area contributed by atoms with E-state index in [2.05, 4.69) is 5.10 Å². The van der Waals surface area contributed by atoms with Crippen molar-refractivity contribution in [2.24, 2.45) is 5.10 Å². The fraction of sp³-hybridized carbons (Fsp3) is 0.333. The van der Waals surface area contributed by atoms with E-state index in [4.69, 9.17) is 21.4 Å². The number of hydrazone groups is 1. The van der Waals surface area contributed by atoms with Crippen LogP contribution in [0.15, 0.2) is 29.4 Å². The molecule has 1 aromatic rings. The Bertz CT molecular complexity index is 632. The number of ketones is 1. The number of halogens is 1. The van der Waals surface area contributed by atoms with Crippen LogP contribution in [0.4, 0.5) is 4.79 Å². The molecule has 0 aliphatic rings. The topological polar surface area (TPSA) is 105 Å². The minimum Gasteiger partial charge on any atom is -0.476 e. The van der Waals surface area contributed by atoms with Crippen LogP contribution in [0, 0.1) is 0 Å². The van der Waals surface area contributed by atoms with Crippen molar-refractivity contribution >= 4 is 35.2 Å². The van der Waals surface area contributed by atoms with E-state index in [0.717, 1.165) is 0 Å². The lowest BCUT2D eigenvalue weighted by Crippen LogP contribution is -2.33. The molecular weight excluding hydrogens is 324 g/mol. The number of carbonyl (C=O) groups excluding carboxylic acids is 2. The summed E-state index contributed by atoms with van der Waals surface area (Å²) in [6, 6.07) is 6.36. The largest absolute Gasteiger partial charge is 0.476 e. The molecule has 0 fully saturated rings. The lowest BCUT2D eigenvalue weighted by atomic mass is 10.1. The lowest BCUT2D eigenvalue weighted by molar-refractivity contribution is -0.130. The second-order valence-corrected chi connectivity index (χ2v) is 6.04. The zero-order valence-corrected chi connectivity index (χ0v) is 13.7. The summed E-state index contributed by atoms with van der Waals surface area (Å²) >= 11 is 5.73. The number of hydrogen-bond acceptors (Lipinski definition) is 5. The summed E-state index contributed by atoms with van der Waals surface area (Å²) in [6.45, 7) is 4.92. The highest BCUT2D eigenvalue weighted by atomic mass is 35.5. The van der Waals surface area contributed by atoms with Gasteiger partial charge >= 0.3 is 12.1 Å². The molecule has 0 unspecified atom stereocenters. The second-order valence-electron chi connectivity index (χ2n) is 5.61. The van der Waals surface area contributed by atoms with Crippen LogP contribution in [0.25, 0.3) is 0 Å². The third kappa shape index (κ3) is 6.92. The Morgan fingerprint density at radius 3 is 2.26 bits per heavy atom. The average molecular weight is 341 g/mol. The molecule has 8 heteroatoms. The molecule has 0 radical (unpaired) electrons. The van der Waals surface area contributed by atoms with Crippen molar-refractivity contribution < 1.29 is 24.2 Å². The van der Waals surface area contributed by atoms with Gasteiger partial charge in [-0.05, 0) is 38.5 Å². The molecule has 0 bridgehead atoms. The van der Waals surface area contributed by atoms with Gasteiger partial charge in [0.15, 0.2) is 5.78 Å². The summed E-state index contributed by atoms with van der Waals surface area (Å²) in [5.74, 6) is -2.30. The monoisotopic (exact) mass is 340 g/mol. The fourth-order valence-electron chi connectivity index (χ4n) is 1.50. The zero-order chi connectivity index (χ0) is 17.6. The van der Waals surface area contributed by atoms with Gasteiger partial charge in [0.25, 0.3) is 0 Å². The van der Waals surface area contributed by atoms with Crippen molar-refractivity contribution in [3.8, 4) is 0 Å². The first-order valence-corrected chi connectivity index (χ1v) is 7.04. The number of aliphatic carboxylic acids is 1. The quantitative estimate of drug-likeness (QED) is 0.486. The van der Waals surface area contributed by atoms with Gasteiger partial charge in [0.2, 0.25) is 5.71 Å². The van der Waals surface area contributed by atoms with E-state index in [1.807, 2.05) is 5.43 Å². The summed E-state index contributed by atoms with van der Waals surface area (Å²) in [5, 5.41) is 12.9. The number of carbonyl (C=O) groups is 3. The highest BCUT2D eigenvalue weighted by Crippen LogP contribution is 2.10. The first-order valence-electron chi connectivity index (χ1n) is 6.66. The van der Waals surface area contributed by atoms with Crippen molar-refractivity contribution in [3.05, 3.63) is 34.9 Å². The Labute approximate surface area is 138 Å². The molecule has 0 heterocycles. The lowest BCUT2D eigenvalue weighted by Gasteiger charge is -2.18. The summed E-state index contributed by atoms with van der Waals surface area (Å²) in [4.78, 5) is 34.6. The molecule has 2 N–H and O–H groups in total. The third-order valence-corrected chi connectivity index (χ3v) is 2.65. The molecule has 1 rings (SSSR count). The summed E-state index contributed by atoms with van der Waals surface area (Å²) in [5.41, 5.74) is 0.921. The fourth-order valence-corrected chi connectivity index (χ4v) is 1.63. The predicted molar refractivity (Wildman–Crippen MR) is 84.6 cm³/mol. The van der Waals surface area contributed by atoms with Crippen LogP contribution in [0.1, 0.15) is 26.3 Å². The number of carboxylic acid groups (broad SMARTS) is 1. The van der Waals surface area contributed by atoms with E-state index in [-0.39, 0.29) is 6.42 Å². The number of Topliss-reactive ketones (excluding diaryl/α,β-unsaturated/α-hetero) is 1. The third-order valence-electron chi connectivity index (χ3n) is 2.40. The molecular formula is C15H17ClN2O5. The normalized spacial score (nSPS) is 11.7. The van der Waals surface area contributed by atoms with E-state index in [1.54, 1.807) is 45.0 Å². The van der Waals surface area contributed by atoms with Gasteiger partial charge in [-0.2, -0.15) is 5.10 Å². The van der Waals surface area contributed by atoms with E-state index in [9.17, 15) is 14.4 Å². The van der Waals surface area contributed by atoms with Gasteiger partial charge in [-0.1, -0.05) is 23.7 Å². The van der Waals surface area contributed by atoms with Crippen LogP contribution in [0.2, 0.25) is 5.02 Å². The molecule has 0 aromatic heterocycles. The number of nitrogens with zero attached hydrogens (tertiary/aromatic N) is 1. The van der Waals surface area contributed by atoms with Crippen molar-refractivity contribution in [2.45, 2.75) is 32.8 Å². The van der Waals surface area contributed by atoms with E-state index >= 15 is 0 Å². The minimum atomic E-state index is -1.54. The molecule has 23 heavy (non-hydrogen) atoms. The molecule has 0 spiro atoms. The highest BCUT2D eigenvalue weighted by molar-refractivity contribution is 6.64. The summed E-state index contributed by atoms with van der Waals surface area (Å²) in [6.07, 6.45) is -1.13. The number of hydrogen-bond donors (Lipinski definition) is 2. The van der Waals surface area contributed by atoms with Crippen molar-refractivity contribution in [2.75, 3.05) is 0 Å². The number of amides is 1. The van der Waals surface area contributed by atoms with Crippen LogP contribution in [0.3, 0.4) is 0 Å². The molecule has 124 valence electrons. The van der Waals surface area contributed by atoms with Gasteiger partial charge < -0.3 is 9.84 Å². The SMILES string of the molecule is CC(C)(C)OC(=O)NN=C(C(=O)O)C(=O)Cc1ccc(Cl)cc1. The molecule has 1 aromatic carbocycles. The van der Waals surface area contributed by atoms with Gasteiger partial charge in [-0.15, -0.1) is 0 Å². The smallest absolute Gasteiger partial charge is 0.428 e. The molecule has 7 nitrogen and oxygen atoms in total. The number of rotatable bonds is 5. The standard InChI is InChI=1S/C15H17ClN2O5/c1-15(2,3)23-14(22)18-17-12(13(20)21)11(19)8-9-4-6-10(16)7-5-9/h4-7H,8H2,1-3H3,(H,18,22)(H,20,21). The molecule has 1 amide bonds. The van der Waals surface area contributed by atoms with Crippen LogP contribution >= 0.6 is 11.6 Å². The van der Waals surface area contributed by atoms with E-state index in [1.165, 1.54) is 0 Å². The first-order chi connectivity index (χ1) is 10.6. The highest BCUT2D eigenvalue weighted by Gasteiger charge is 2.22. The number of ether oxygens (including phenoxy) is 1. The predicted octanol–water partition coefficient (Wildman–Crippen LogP) is 2.42. The average Bonchev–Trinajstić information content (AvgIpc) is 2.39. The Morgan fingerprint density at radius 2 is 1.78 bits per heavy atom. The zero-order valence-electron chi connectivity index (χ0n) is 12.9. The molecule has 0 saturated carbocycles. The molecule has 0 saturated heterocycles. The van der Waals surface area contributed by atoms with Crippen molar-refractivity contribution in [1.29, 1.82) is 0 Å². The molecule has 0 atom stereocenters. The first kappa shape index (κ1) is 18.6. The van der Waals surface area contributed by atoms with Gasteiger partial charge in [-0.25, -0.2) is 15.0 Å². The van der Waals surface area contributed by atoms with E-state index < -0.39 is 29.2 Å². The summed E-state index contributed by atoms with van der Waals surface area (Å²) in [7, 11) is 0. The number of benzene rings is 1. The Balaban J connectivity index is 2.79.